The van der Waals surface area contributed by atoms with E-state index in [0.29, 0.717) is 11.3 Å². The fourth-order valence-corrected chi connectivity index (χ4v) is 1.71. The highest BCUT2D eigenvalue weighted by Crippen LogP contribution is 2.24. The molecule has 0 aromatic heterocycles. The molecule has 1 atom stereocenters. The van der Waals surface area contributed by atoms with Gasteiger partial charge in [0.15, 0.2) is 0 Å². The number of carboxylic acids is 1. The third-order valence-corrected chi connectivity index (χ3v) is 3.15. The summed E-state index contributed by atoms with van der Waals surface area (Å²) in [6.07, 6.45) is 0. The first-order valence-electron chi connectivity index (χ1n) is 5.22. The van der Waals surface area contributed by atoms with Crippen molar-refractivity contribution in [3.05, 3.63) is 28.2 Å². The van der Waals surface area contributed by atoms with Crippen molar-refractivity contribution >= 4 is 27.8 Å². The van der Waals surface area contributed by atoms with E-state index in [1.54, 1.807) is 18.2 Å². The van der Waals surface area contributed by atoms with E-state index < -0.39 is 17.9 Å². The van der Waals surface area contributed by atoms with Crippen molar-refractivity contribution in [2.45, 2.75) is 13.0 Å². The molecule has 1 amide bonds. The molecule has 18 heavy (non-hydrogen) atoms. The number of hydrogen-bond donors (Lipinski definition) is 1. The van der Waals surface area contributed by atoms with Crippen LogP contribution in [-0.2, 0) is 4.79 Å². The van der Waals surface area contributed by atoms with Crippen LogP contribution in [0.25, 0.3) is 0 Å². The molecular weight excluding hydrogens is 302 g/mol. The van der Waals surface area contributed by atoms with Gasteiger partial charge >= 0.3 is 5.97 Å². The van der Waals surface area contributed by atoms with Crippen LogP contribution in [0.1, 0.15) is 17.3 Å². The molecule has 0 fully saturated rings. The molecule has 1 aromatic rings. The van der Waals surface area contributed by atoms with Crippen molar-refractivity contribution < 1.29 is 19.4 Å². The monoisotopic (exact) mass is 315 g/mol. The fourth-order valence-electron chi connectivity index (χ4n) is 1.37. The van der Waals surface area contributed by atoms with Gasteiger partial charge in [-0.15, -0.1) is 0 Å². The number of benzene rings is 1. The summed E-state index contributed by atoms with van der Waals surface area (Å²) < 4.78 is 5.90. The molecule has 0 aliphatic rings. The van der Waals surface area contributed by atoms with E-state index in [9.17, 15) is 9.59 Å². The Hall–Kier alpha value is -1.56. The van der Waals surface area contributed by atoms with Gasteiger partial charge in [-0.25, -0.2) is 4.79 Å². The smallest absolute Gasteiger partial charge is 0.326 e. The van der Waals surface area contributed by atoms with Crippen LogP contribution < -0.4 is 4.74 Å². The minimum Gasteiger partial charge on any atom is -0.496 e. The molecule has 0 saturated carbocycles. The molecule has 0 spiro atoms. The molecule has 1 N–H and O–H groups in total. The second kappa shape index (κ2) is 5.86. The quantitative estimate of drug-likeness (QED) is 0.923. The van der Waals surface area contributed by atoms with Gasteiger partial charge in [-0.3, -0.25) is 4.79 Å². The lowest BCUT2D eigenvalue weighted by molar-refractivity contribution is -0.141. The third-order valence-electron chi connectivity index (χ3n) is 2.65. The van der Waals surface area contributed by atoms with Gasteiger partial charge in [0.05, 0.1) is 12.7 Å². The molecule has 0 aliphatic carbocycles. The summed E-state index contributed by atoms with van der Waals surface area (Å²) in [6, 6.07) is 4.06. The van der Waals surface area contributed by atoms with Gasteiger partial charge in [0, 0.05) is 11.5 Å². The summed E-state index contributed by atoms with van der Waals surface area (Å²) in [5.74, 6) is -1.05. The zero-order valence-corrected chi connectivity index (χ0v) is 11.9. The molecule has 0 bridgehead atoms. The molecular formula is C12H14BrNO4. The Morgan fingerprint density at radius 1 is 1.44 bits per heavy atom. The van der Waals surface area contributed by atoms with Crippen molar-refractivity contribution in [1.82, 2.24) is 4.90 Å². The Morgan fingerprint density at radius 3 is 2.56 bits per heavy atom. The second-order valence-corrected chi connectivity index (χ2v) is 4.69. The number of ether oxygens (including phenoxy) is 1. The summed E-state index contributed by atoms with van der Waals surface area (Å²) in [6.45, 7) is 1.45. The van der Waals surface area contributed by atoms with Crippen LogP contribution in [0, 0.1) is 0 Å². The molecule has 6 heteroatoms. The van der Waals surface area contributed by atoms with Gasteiger partial charge in [-0.1, -0.05) is 15.9 Å². The molecule has 98 valence electrons. The highest BCUT2D eigenvalue weighted by Gasteiger charge is 2.24. The first-order chi connectivity index (χ1) is 8.38. The molecule has 1 rings (SSSR count). The maximum absolute atomic E-state index is 12.1. The predicted molar refractivity (Wildman–Crippen MR) is 69.9 cm³/mol. The number of aliphatic carboxylic acids is 1. The molecule has 5 nitrogen and oxygen atoms in total. The van der Waals surface area contributed by atoms with Crippen molar-refractivity contribution in [1.29, 1.82) is 0 Å². The van der Waals surface area contributed by atoms with E-state index in [4.69, 9.17) is 9.84 Å². The first-order valence-corrected chi connectivity index (χ1v) is 6.01. The number of nitrogens with zero attached hydrogens (tertiary/aromatic N) is 1. The van der Waals surface area contributed by atoms with Gasteiger partial charge in [0.2, 0.25) is 0 Å². The largest absolute Gasteiger partial charge is 0.496 e. The SMILES string of the molecule is COc1cc(Br)ccc1C(=O)N(C)C(C)C(=O)O. The number of halogens is 1. The van der Waals surface area contributed by atoms with Crippen molar-refractivity contribution in [2.24, 2.45) is 0 Å². The normalized spacial score (nSPS) is 11.8. The fraction of sp³-hybridized carbons (Fsp3) is 0.333. The van der Waals surface area contributed by atoms with Crippen LogP contribution in [0.4, 0.5) is 0 Å². The van der Waals surface area contributed by atoms with Gasteiger partial charge in [-0.2, -0.15) is 0 Å². The van der Waals surface area contributed by atoms with Crippen LogP contribution in [-0.4, -0.2) is 42.1 Å². The van der Waals surface area contributed by atoms with E-state index >= 15 is 0 Å². The topological polar surface area (TPSA) is 66.8 Å². The number of rotatable bonds is 4. The Morgan fingerprint density at radius 2 is 2.06 bits per heavy atom. The van der Waals surface area contributed by atoms with Gasteiger partial charge in [0.1, 0.15) is 11.8 Å². The zero-order valence-electron chi connectivity index (χ0n) is 10.3. The minimum atomic E-state index is -1.05. The van der Waals surface area contributed by atoms with Crippen molar-refractivity contribution in [3.8, 4) is 5.75 Å². The average molecular weight is 316 g/mol. The molecule has 1 unspecified atom stereocenters. The number of likely N-dealkylation sites (N-methyl/N-ethyl adjacent to an activating group) is 1. The van der Waals surface area contributed by atoms with Gasteiger partial charge in [0.25, 0.3) is 5.91 Å². The highest BCUT2D eigenvalue weighted by atomic mass is 79.9. The van der Waals surface area contributed by atoms with Crippen LogP contribution in [0.15, 0.2) is 22.7 Å². The highest BCUT2D eigenvalue weighted by molar-refractivity contribution is 9.10. The lowest BCUT2D eigenvalue weighted by atomic mass is 10.1. The lowest BCUT2D eigenvalue weighted by Gasteiger charge is -2.22. The average Bonchev–Trinajstić information content (AvgIpc) is 2.35. The Bertz CT molecular complexity index is 475. The van der Waals surface area contributed by atoms with E-state index in [-0.39, 0.29) is 0 Å². The maximum Gasteiger partial charge on any atom is 0.326 e. The zero-order chi connectivity index (χ0) is 13.9. The molecule has 0 saturated heterocycles. The summed E-state index contributed by atoms with van der Waals surface area (Å²) >= 11 is 3.28. The molecule has 1 aromatic carbocycles. The standard InChI is InChI=1S/C12H14BrNO4/c1-7(12(16)17)14(2)11(15)9-5-4-8(13)6-10(9)18-3/h4-7H,1-3H3,(H,16,17). The van der Waals surface area contributed by atoms with E-state index in [0.717, 1.165) is 9.37 Å². The Kier molecular flexibility index (Phi) is 4.72. The van der Waals surface area contributed by atoms with E-state index in [2.05, 4.69) is 15.9 Å². The predicted octanol–water partition coefficient (Wildman–Crippen LogP) is 2.00. The molecule has 0 aliphatic heterocycles. The first kappa shape index (κ1) is 14.5. The number of carbonyl (C=O) groups is 2. The summed E-state index contributed by atoms with van der Waals surface area (Å²) in [5, 5.41) is 8.89. The Balaban J connectivity index is 3.07. The van der Waals surface area contributed by atoms with Crippen LogP contribution in [0.2, 0.25) is 0 Å². The lowest BCUT2D eigenvalue weighted by Crippen LogP contribution is -2.40. The Labute approximate surface area is 113 Å². The van der Waals surface area contributed by atoms with Gasteiger partial charge < -0.3 is 14.7 Å². The summed E-state index contributed by atoms with van der Waals surface area (Å²) in [7, 11) is 2.90. The number of hydrogen-bond acceptors (Lipinski definition) is 3. The second-order valence-electron chi connectivity index (χ2n) is 3.77. The number of carboxylic acid groups (broad SMARTS) is 1. The third kappa shape index (κ3) is 3.01. The van der Waals surface area contributed by atoms with Crippen LogP contribution in [0.5, 0.6) is 5.75 Å². The molecule has 0 radical (unpaired) electrons. The van der Waals surface area contributed by atoms with Crippen LogP contribution in [0.3, 0.4) is 0 Å². The maximum atomic E-state index is 12.1. The van der Waals surface area contributed by atoms with E-state index in [1.165, 1.54) is 21.1 Å². The number of carbonyl (C=O) groups excluding carboxylic acids is 1. The summed E-state index contributed by atoms with van der Waals surface area (Å²) in [5.41, 5.74) is 0.330. The van der Waals surface area contributed by atoms with E-state index in [1.807, 2.05) is 0 Å². The van der Waals surface area contributed by atoms with Crippen molar-refractivity contribution in [3.63, 3.8) is 0 Å². The molecule has 0 heterocycles. The number of amides is 1. The van der Waals surface area contributed by atoms with Crippen LogP contribution >= 0.6 is 15.9 Å². The minimum absolute atomic E-state index is 0.330. The van der Waals surface area contributed by atoms with Gasteiger partial charge in [-0.05, 0) is 25.1 Å². The summed E-state index contributed by atoms with van der Waals surface area (Å²) in [4.78, 5) is 24.2. The van der Waals surface area contributed by atoms with Crippen molar-refractivity contribution in [2.75, 3.05) is 14.2 Å². The number of methoxy groups -OCH3 is 1.